The molecule has 0 amide bonds. The van der Waals surface area contributed by atoms with Crippen molar-refractivity contribution in [1.82, 2.24) is 0 Å². The van der Waals surface area contributed by atoms with Gasteiger partial charge < -0.3 is 43.1 Å². The van der Waals surface area contributed by atoms with E-state index in [1.54, 1.807) is 0 Å². The van der Waals surface area contributed by atoms with Gasteiger partial charge in [-0.3, -0.25) is 0 Å². The molecule has 0 aliphatic heterocycles. The molecule has 0 atom stereocenters. The molecule has 20 heavy (non-hydrogen) atoms. The van der Waals surface area contributed by atoms with Crippen molar-refractivity contribution in [2.24, 2.45) is 0 Å². The van der Waals surface area contributed by atoms with Crippen molar-refractivity contribution in [2.75, 3.05) is 0 Å². The molecule has 0 aromatic carbocycles. The Kier molecular flexibility index (Phi) is 25.1. The van der Waals surface area contributed by atoms with Gasteiger partial charge in [0.05, 0.1) is 23.5 Å². The normalized spacial score (nSPS) is 10.7. The summed E-state index contributed by atoms with van der Waals surface area (Å²) in [6.45, 7) is 0. The largest absolute Gasteiger partial charge is 0.788 e. The van der Waals surface area contributed by atoms with Crippen LogP contribution >= 0.6 is 23.5 Å². The van der Waals surface area contributed by atoms with Crippen LogP contribution in [0.1, 0.15) is 0 Å². The van der Waals surface area contributed by atoms with E-state index in [4.69, 9.17) is 58.8 Å². The van der Waals surface area contributed by atoms with Gasteiger partial charge in [-0.25, -0.2) is 29.8 Å². The predicted molar refractivity (Wildman–Crippen MR) is 45.5 cm³/mol. The van der Waals surface area contributed by atoms with E-state index in [1.807, 2.05) is 0 Å². The van der Waals surface area contributed by atoms with Crippen LogP contribution in [0.15, 0.2) is 0 Å². The molecule has 0 saturated carbocycles. The lowest BCUT2D eigenvalue weighted by Crippen LogP contribution is -2.14. The maximum atomic E-state index is 9.00. The Morgan fingerprint density at radius 2 is 0.600 bits per heavy atom. The first kappa shape index (κ1) is 33.0. The zero-order valence-corrected chi connectivity index (χ0v) is 13.7. The summed E-state index contributed by atoms with van der Waals surface area (Å²) >= 11 is 0. The fourth-order valence-electron chi connectivity index (χ4n) is 0. The van der Waals surface area contributed by atoms with Crippen LogP contribution in [0.3, 0.4) is 0 Å². The van der Waals surface area contributed by atoms with Crippen LogP contribution < -0.4 is 29.4 Å². The maximum Gasteiger partial charge on any atom is 0.0998 e. The predicted octanol–water partition coefficient (Wildman–Crippen LogP) is -5.85. The van der Waals surface area contributed by atoms with E-state index < -0.39 is 23.5 Å². The first-order valence-electron chi connectivity index (χ1n) is 2.74. The summed E-state index contributed by atoms with van der Waals surface area (Å²) < 4.78 is 34.1. The van der Waals surface area contributed by atoms with Crippen molar-refractivity contribution in [3.8, 4) is 0 Å². The van der Waals surface area contributed by atoms with Crippen molar-refractivity contribution in [2.45, 2.75) is 0 Å². The Balaban J connectivity index is -0.0000000536. The van der Waals surface area contributed by atoms with Crippen molar-refractivity contribution in [1.29, 1.82) is 0 Å². The fourth-order valence-corrected chi connectivity index (χ4v) is 0. The molecule has 0 rings (SSSR count). The summed E-state index contributed by atoms with van der Waals surface area (Å²) in [5.41, 5.74) is 0. The number of hydrogen-bond acceptors (Lipinski definition) is 15. The molecule has 0 aliphatic carbocycles. The monoisotopic (exact) mass is 390 g/mol. The molecule has 0 aromatic heterocycles. The first-order chi connectivity index (χ1) is 7.68. The van der Waals surface area contributed by atoms with Crippen LogP contribution in [-0.2, 0) is 27.7 Å². The SMILES string of the molecule is O=P([O-])([O-])OO.O=P([O-])([O-])OO.O=P([O-])([O-])OO.[Al].[Al]. The summed E-state index contributed by atoms with van der Waals surface area (Å²) in [5, 5.41) is 21.0. The van der Waals surface area contributed by atoms with Gasteiger partial charge in [0.1, 0.15) is 0 Å². The van der Waals surface area contributed by atoms with E-state index in [0.717, 1.165) is 0 Å². The molecule has 0 heterocycles. The zero-order valence-electron chi connectivity index (χ0n) is 8.74. The summed E-state index contributed by atoms with van der Waals surface area (Å²) in [5.74, 6) is 0. The van der Waals surface area contributed by atoms with E-state index in [9.17, 15) is 0 Å². The number of phosphoric acid groups is 3. The minimum atomic E-state index is -5.09. The van der Waals surface area contributed by atoms with E-state index in [-0.39, 0.29) is 34.7 Å². The smallest absolute Gasteiger partial charge is 0.0998 e. The standard InChI is InChI=1S/2Al.3H3O5P/c;;3*1-5-6(2,3)4/h;;3*1H,(H2,2,3,4)/p-6. The maximum absolute atomic E-state index is 9.00. The summed E-state index contributed by atoms with van der Waals surface area (Å²) in [6, 6.07) is 0. The molecular weight excluding hydrogens is 387 g/mol. The molecule has 3 N–H and O–H groups in total. The van der Waals surface area contributed by atoms with Gasteiger partial charge in [-0.2, -0.15) is 0 Å². The fraction of sp³-hybridized carbons (Fsp3) is 0. The quantitative estimate of drug-likeness (QED) is 0.175. The van der Waals surface area contributed by atoms with Crippen LogP contribution in [0.2, 0.25) is 0 Å². The van der Waals surface area contributed by atoms with Crippen molar-refractivity contribution >= 4 is 58.2 Å². The molecule has 0 aromatic rings. The van der Waals surface area contributed by atoms with E-state index in [2.05, 4.69) is 14.0 Å². The Morgan fingerprint density at radius 3 is 0.600 bits per heavy atom. The van der Waals surface area contributed by atoms with Gasteiger partial charge in [-0.05, 0) is 0 Å². The molecule has 0 fully saturated rings. The third-order valence-corrected chi connectivity index (χ3v) is 0.900. The lowest BCUT2D eigenvalue weighted by atomic mass is 15.0. The molecule has 120 valence electrons. The average Bonchev–Trinajstić information content (AvgIpc) is 2.16. The number of hydrogen-bond donors (Lipinski definition) is 3. The van der Waals surface area contributed by atoms with Gasteiger partial charge in [0.25, 0.3) is 0 Å². The minimum Gasteiger partial charge on any atom is -0.788 e. The highest BCUT2D eigenvalue weighted by molar-refractivity contribution is 7.43. The topological polar surface area (TPSA) is 278 Å². The van der Waals surface area contributed by atoms with E-state index in [1.165, 1.54) is 0 Å². The van der Waals surface area contributed by atoms with Gasteiger partial charge in [0.15, 0.2) is 0 Å². The summed E-state index contributed by atoms with van der Waals surface area (Å²) in [7, 11) is -15.3. The Bertz CT molecular complexity index is 266. The molecular formula is H3Al2O15P3-6. The molecule has 15 nitrogen and oxygen atoms in total. The van der Waals surface area contributed by atoms with Crippen LogP contribution in [0.25, 0.3) is 0 Å². The Labute approximate surface area is 131 Å². The van der Waals surface area contributed by atoms with Gasteiger partial charge in [0.2, 0.25) is 0 Å². The second-order valence-corrected chi connectivity index (χ2v) is 4.76. The second-order valence-electron chi connectivity index (χ2n) is 1.59. The Hall–Kier alpha value is 1.27. The molecule has 20 heteroatoms. The lowest BCUT2D eigenvalue weighted by Gasteiger charge is -2.22. The highest BCUT2D eigenvalue weighted by Gasteiger charge is 1.79. The van der Waals surface area contributed by atoms with Crippen LogP contribution in [0.4, 0.5) is 0 Å². The van der Waals surface area contributed by atoms with Crippen LogP contribution in [-0.4, -0.2) is 50.5 Å². The minimum absolute atomic E-state index is 0. The van der Waals surface area contributed by atoms with Gasteiger partial charge in [-0.1, -0.05) is 0 Å². The van der Waals surface area contributed by atoms with Gasteiger partial charge in [-0.15, -0.1) is 0 Å². The Morgan fingerprint density at radius 1 is 0.550 bits per heavy atom. The second kappa shape index (κ2) is 15.2. The molecule has 0 unspecified atom stereocenters. The van der Waals surface area contributed by atoms with Gasteiger partial charge >= 0.3 is 0 Å². The van der Waals surface area contributed by atoms with Crippen molar-refractivity contribution < 1.29 is 72.9 Å². The third kappa shape index (κ3) is 61.0. The van der Waals surface area contributed by atoms with Gasteiger partial charge in [0, 0.05) is 34.7 Å². The molecule has 0 saturated heterocycles. The highest BCUT2D eigenvalue weighted by Crippen LogP contribution is 2.21. The van der Waals surface area contributed by atoms with Crippen molar-refractivity contribution in [3.05, 3.63) is 0 Å². The third-order valence-electron chi connectivity index (χ3n) is 0.300. The van der Waals surface area contributed by atoms with E-state index >= 15 is 0 Å². The summed E-state index contributed by atoms with van der Waals surface area (Å²) in [6.07, 6.45) is 0. The average molecular weight is 390 g/mol. The summed E-state index contributed by atoms with van der Waals surface area (Å²) in [4.78, 5) is 54.0. The highest BCUT2D eigenvalue weighted by atomic mass is 31.2. The van der Waals surface area contributed by atoms with Crippen molar-refractivity contribution in [3.63, 3.8) is 0 Å². The van der Waals surface area contributed by atoms with E-state index in [0.29, 0.717) is 0 Å². The first-order valence-corrected chi connectivity index (χ1v) is 7.12. The number of rotatable bonds is 3. The zero-order chi connectivity index (χ0) is 15.6. The molecule has 0 spiro atoms. The molecule has 0 bridgehead atoms. The lowest BCUT2D eigenvalue weighted by molar-refractivity contribution is -0.380. The van der Waals surface area contributed by atoms with Crippen LogP contribution in [0.5, 0.6) is 0 Å². The molecule has 0 aliphatic rings. The van der Waals surface area contributed by atoms with Crippen LogP contribution in [0, 0.1) is 0 Å². The molecule has 6 radical (unpaired) electrons.